The number of amides is 1. The quantitative estimate of drug-likeness (QED) is 0.633. The summed E-state index contributed by atoms with van der Waals surface area (Å²) in [4.78, 5) is 27.2. The molecule has 0 saturated carbocycles. The molecule has 2 aromatic heterocycles. The summed E-state index contributed by atoms with van der Waals surface area (Å²) in [6.45, 7) is 6.16. The highest BCUT2D eigenvalue weighted by molar-refractivity contribution is 6.29. The smallest absolute Gasteiger partial charge is 0.407 e. The maximum atomic E-state index is 11.9. The van der Waals surface area contributed by atoms with Crippen LogP contribution in [0.15, 0.2) is 18.3 Å². The predicted molar refractivity (Wildman–Crippen MR) is 102 cm³/mol. The van der Waals surface area contributed by atoms with E-state index >= 15 is 0 Å². The lowest BCUT2D eigenvalue weighted by atomic mass is 9.90. The summed E-state index contributed by atoms with van der Waals surface area (Å²) in [5, 5.41) is 3.42. The summed E-state index contributed by atoms with van der Waals surface area (Å²) in [5.74, 6) is 0.814. The molecule has 0 radical (unpaired) electrons. The van der Waals surface area contributed by atoms with Gasteiger partial charge < -0.3 is 15.0 Å². The van der Waals surface area contributed by atoms with Crippen molar-refractivity contribution in [3.05, 3.63) is 23.5 Å². The number of fused-ring (bicyclic) bond motifs is 1. The standard InChI is InChI=1S/C18H24ClN5O2/c1-3-4-11-26-17(25)23-18(2)7-9-24(10-8-18)15-12-20-16-13(21-15)5-6-14(19)22-16/h5-6,12H,3-4,7-11H2,1-2H3,(H,23,25). The number of hydrogen-bond acceptors (Lipinski definition) is 6. The number of ether oxygens (including phenoxy) is 1. The molecule has 1 amide bonds. The number of alkyl carbamates (subject to hydrolysis) is 1. The molecule has 140 valence electrons. The van der Waals surface area contributed by atoms with Gasteiger partial charge in [0, 0.05) is 18.6 Å². The molecular weight excluding hydrogens is 354 g/mol. The first-order chi connectivity index (χ1) is 12.5. The maximum absolute atomic E-state index is 11.9. The van der Waals surface area contributed by atoms with Crippen LogP contribution >= 0.6 is 11.6 Å². The lowest BCUT2D eigenvalue weighted by Gasteiger charge is -2.40. The molecule has 1 saturated heterocycles. The Hall–Kier alpha value is -2.15. The van der Waals surface area contributed by atoms with Crippen LogP contribution in [0.4, 0.5) is 10.6 Å². The molecule has 0 aromatic carbocycles. The molecule has 7 nitrogen and oxygen atoms in total. The van der Waals surface area contributed by atoms with Crippen LogP contribution in [0.5, 0.6) is 0 Å². The van der Waals surface area contributed by atoms with Crippen LogP contribution in [0, 0.1) is 0 Å². The van der Waals surface area contributed by atoms with Gasteiger partial charge in [0.2, 0.25) is 0 Å². The summed E-state index contributed by atoms with van der Waals surface area (Å²) in [6, 6.07) is 3.53. The monoisotopic (exact) mass is 377 g/mol. The van der Waals surface area contributed by atoms with Gasteiger partial charge in [0.15, 0.2) is 5.65 Å². The molecule has 1 N–H and O–H groups in total. The Morgan fingerprint density at radius 2 is 2.12 bits per heavy atom. The highest BCUT2D eigenvalue weighted by atomic mass is 35.5. The maximum Gasteiger partial charge on any atom is 0.407 e. The van der Waals surface area contributed by atoms with Crippen molar-refractivity contribution in [2.45, 2.75) is 45.1 Å². The second-order valence-electron chi connectivity index (χ2n) is 6.87. The lowest BCUT2D eigenvalue weighted by molar-refractivity contribution is 0.128. The highest BCUT2D eigenvalue weighted by Crippen LogP contribution is 2.26. The second kappa shape index (κ2) is 8.03. The van der Waals surface area contributed by atoms with Crippen molar-refractivity contribution < 1.29 is 9.53 Å². The number of aromatic nitrogens is 3. The van der Waals surface area contributed by atoms with Crippen molar-refractivity contribution in [2.24, 2.45) is 0 Å². The molecule has 26 heavy (non-hydrogen) atoms. The van der Waals surface area contributed by atoms with Gasteiger partial charge in [0.1, 0.15) is 16.5 Å². The van der Waals surface area contributed by atoms with Gasteiger partial charge >= 0.3 is 6.09 Å². The minimum absolute atomic E-state index is 0.265. The largest absolute Gasteiger partial charge is 0.450 e. The fourth-order valence-electron chi connectivity index (χ4n) is 2.97. The molecule has 0 bridgehead atoms. The van der Waals surface area contributed by atoms with E-state index < -0.39 is 0 Å². The number of rotatable bonds is 5. The molecule has 1 fully saturated rings. The number of hydrogen-bond donors (Lipinski definition) is 1. The fraction of sp³-hybridized carbons (Fsp3) is 0.556. The normalized spacial score (nSPS) is 16.5. The number of carbonyl (C=O) groups is 1. The molecule has 8 heteroatoms. The fourth-order valence-corrected chi connectivity index (χ4v) is 3.11. The van der Waals surface area contributed by atoms with E-state index in [-0.39, 0.29) is 11.6 Å². The molecule has 2 aromatic rings. The van der Waals surface area contributed by atoms with E-state index in [2.05, 4.69) is 39.0 Å². The van der Waals surface area contributed by atoms with Gasteiger partial charge in [-0.3, -0.25) is 0 Å². The van der Waals surface area contributed by atoms with Crippen LogP contribution in [0.3, 0.4) is 0 Å². The minimum Gasteiger partial charge on any atom is -0.450 e. The van der Waals surface area contributed by atoms with Crippen molar-refractivity contribution in [3.63, 3.8) is 0 Å². The van der Waals surface area contributed by atoms with Gasteiger partial charge in [-0.25, -0.2) is 19.7 Å². The first kappa shape index (κ1) is 18.6. The van der Waals surface area contributed by atoms with Gasteiger partial charge in [-0.15, -0.1) is 0 Å². The van der Waals surface area contributed by atoms with Gasteiger partial charge in [-0.2, -0.15) is 0 Å². The highest BCUT2D eigenvalue weighted by Gasteiger charge is 2.32. The van der Waals surface area contributed by atoms with E-state index in [9.17, 15) is 4.79 Å². The molecule has 0 atom stereocenters. The Balaban J connectivity index is 1.59. The lowest BCUT2D eigenvalue weighted by Crippen LogP contribution is -2.53. The van der Waals surface area contributed by atoms with Gasteiger partial charge in [0.05, 0.1) is 12.8 Å². The number of nitrogens with zero attached hydrogens (tertiary/aromatic N) is 4. The topological polar surface area (TPSA) is 80.2 Å². The van der Waals surface area contributed by atoms with E-state index in [1.165, 1.54) is 0 Å². The van der Waals surface area contributed by atoms with E-state index in [1.54, 1.807) is 12.3 Å². The first-order valence-electron chi connectivity index (χ1n) is 8.98. The average Bonchev–Trinajstić information content (AvgIpc) is 2.62. The molecule has 3 rings (SSSR count). The third kappa shape index (κ3) is 4.52. The summed E-state index contributed by atoms with van der Waals surface area (Å²) in [7, 11) is 0. The Kier molecular flexibility index (Phi) is 5.76. The van der Waals surface area contributed by atoms with Crippen molar-refractivity contribution in [1.29, 1.82) is 0 Å². The summed E-state index contributed by atoms with van der Waals surface area (Å²) in [6.07, 6.45) is 4.92. The second-order valence-corrected chi connectivity index (χ2v) is 7.25. The molecular formula is C18H24ClN5O2. The Labute approximate surface area is 158 Å². The number of unbranched alkanes of at least 4 members (excludes halogenated alkanes) is 1. The Morgan fingerprint density at radius 3 is 2.85 bits per heavy atom. The van der Waals surface area contributed by atoms with Crippen LogP contribution < -0.4 is 10.2 Å². The van der Waals surface area contributed by atoms with Crippen molar-refractivity contribution in [1.82, 2.24) is 20.3 Å². The van der Waals surface area contributed by atoms with Gasteiger partial charge in [-0.1, -0.05) is 24.9 Å². The van der Waals surface area contributed by atoms with Crippen LogP contribution in [0.25, 0.3) is 11.2 Å². The summed E-state index contributed by atoms with van der Waals surface area (Å²) in [5.41, 5.74) is 0.997. The van der Waals surface area contributed by atoms with Crippen LogP contribution in [0.1, 0.15) is 39.5 Å². The molecule has 0 unspecified atom stereocenters. The summed E-state index contributed by atoms with van der Waals surface area (Å²) < 4.78 is 5.22. The van der Waals surface area contributed by atoms with Gasteiger partial charge in [-0.05, 0) is 38.3 Å². The molecule has 1 aliphatic rings. The number of halogens is 1. The van der Waals surface area contributed by atoms with Crippen molar-refractivity contribution >= 4 is 34.7 Å². The van der Waals surface area contributed by atoms with Gasteiger partial charge in [0.25, 0.3) is 0 Å². The van der Waals surface area contributed by atoms with E-state index in [1.807, 2.05) is 6.07 Å². The van der Waals surface area contributed by atoms with Crippen LogP contribution in [0.2, 0.25) is 5.15 Å². The number of anilines is 1. The van der Waals surface area contributed by atoms with Crippen molar-refractivity contribution in [2.75, 3.05) is 24.6 Å². The zero-order chi connectivity index (χ0) is 18.6. The SMILES string of the molecule is CCCCOC(=O)NC1(C)CCN(c2cnc3nc(Cl)ccc3n2)CC1. The first-order valence-corrected chi connectivity index (χ1v) is 9.36. The molecule has 3 heterocycles. The third-order valence-electron chi connectivity index (χ3n) is 4.68. The minimum atomic E-state index is -0.331. The molecule has 1 aliphatic heterocycles. The zero-order valence-electron chi connectivity index (χ0n) is 15.2. The molecule has 0 spiro atoms. The predicted octanol–water partition coefficient (Wildman–Crippen LogP) is 3.56. The zero-order valence-corrected chi connectivity index (χ0v) is 15.9. The number of pyridine rings is 1. The third-order valence-corrected chi connectivity index (χ3v) is 4.89. The van der Waals surface area contributed by atoms with Crippen molar-refractivity contribution in [3.8, 4) is 0 Å². The molecule has 0 aliphatic carbocycles. The van der Waals surface area contributed by atoms with E-state index in [4.69, 9.17) is 16.3 Å². The van der Waals surface area contributed by atoms with E-state index in [0.29, 0.717) is 17.4 Å². The van der Waals surface area contributed by atoms with Crippen LogP contribution in [-0.4, -0.2) is 46.3 Å². The Morgan fingerprint density at radius 1 is 1.35 bits per heavy atom. The number of carbonyl (C=O) groups excluding carboxylic acids is 1. The summed E-state index contributed by atoms with van der Waals surface area (Å²) >= 11 is 5.89. The van der Waals surface area contributed by atoms with Crippen LogP contribution in [-0.2, 0) is 4.74 Å². The Bertz CT molecular complexity index is 777. The number of nitrogens with one attached hydrogen (secondary N) is 1. The number of piperidine rings is 1. The average molecular weight is 378 g/mol. The van der Waals surface area contributed by atoms with E-state index in [0.717, 1.165) is 50.1 Å².